The van der Waals surface area contributed by atoms with E-state index >= 15 is 0 Å². The predicted octanol–water partition coefficient (Wildman–Crippen LogP) is 3.56. The van der Waals surface area contributed by atoms with Crippen LogP contribution in [0, 0.1) is 11.6 Å². The van der Waals surface area contributed by atoms with Gasteiger partial charge in [0.25, 0.3) is 0 Å². The predicted molar refractivity (Wildman–Crippen MR) is 100 cm³/mol. The van der Waals surface area contributed by atoms with E-state index in [2.05, 4.69) is 10.6 Å². The molecule has 0 aliphatic heterocycles. The summed E-state index contributed by atoms with van der Waals surface area (Å²) in [6, 6.07) is 11.0. The number of anilines is 1. The molecule has 0 saturated carbocycles. The van der Waals surface area contributed by atoms with Gasteiger partial charge >= 0.3 is 0 Å². The van der Waals surface area contributed by atoms with Crippen LogP contribution in [0.2, 0.25) is 0 Å². The normalized spacial score (nSPS) is 11.9. The van der Waals surface area contributed by atoms with Gasteiger partial charge in [-0.3, -0.25) is 0 Å². The van der Waals surface area contributed by atoms with Crippen molar-refractivity contribution in [2.45, 2.75) is 6.04 Å². The lowest BCUT2D eigenvalue weighted by molar-refractivity contribution is 0.288. The van der Waals surface area contributed by atoms with E-state index in [1.807, 2.05) is 43.3 Å². The summed E-state index contributed by atoms with van der Waals surface area (Å²) >= 11 is 5.21. The topological polar surface area (TPSA) is 36.5 Å². The number of ether oxygens (including phenoxy) is 1. The highest BCUT2D eigenvalue weighted by molar-refractivity contribution is 7.80. The SMILES string of the molecule is COc1ccccc1C(CNC(=S)Nc1ccc(F)cc1F)N(C)C. The minimum atomic E-state index is -0.696. The zero-order chi connectivity index (χ0) is 18.4. The second-order valence-corrected chi connectivity index (χ2v) is 6.09. The third-order valence-electron chi connectivity index (χ3n) is 3.76. The lowest BCUT2D eigenvalue weighted by Crippen LogP contribution is -2.37. The molecule has 2 rings (SSSR count). The van der Waals surface area contributed by atoms with E-state index in [-0.39, 0.29) is 16.8 Å². The van der Waals surface area contributed by atoms with Crippen LogP contribution in [0.5, 0.6) is 5.75 Å². The summed E-state index contributed by atoms with van der Waals surface area (Å²) in [7, 11) is 5.53. The molecular formula is C18H21F2N3OS. The summed E-state index contributed by atoms with van der Waals surface area (Å²) in [6.45, 7) is 0.488. The molecule has 0 aliphatic rings. The van der Waals surface area contributed by atoms with Gasteiger partial charge in [-0.1, -0.05) is 18.2 Å². The molecular weight excluding hydrogens is 344 g/mol. The Balaban J connectivity index is 2.04. The Labute approximate surface area is 151 Å². The quantitative estimate of drug-likeness (QED) is 0.766. The van der Waals surface area contributed by atoms with E-state index in [9.17, 15) is 8.78 Å². The van der Waals surface area contributed by atoms with Crippen molar-refractivity contribution in [3.63, 3.8) is 0 Å². The van der Waals surface area contributed by atoms with Gasteiger partial charge < -0.3 is 20.3 Å². The van der Waals surface area contributed by atoms with Gasteiger partial charge in [0.2, 0.25) is 0 Å². The molecule has 2 aromatic carbocycles. The molecule has 0 amide bonds. The first kappa shape index (κ1) is 19.1. The fraction of sp³-hybridized carbons (Fsp3) is 0.278. The number of hydrogen-bond donors (Lipinski definition) is 2. The van der Waals surface area contributed by atoms with E-state index in [4.69, 9.17) is 17.0 Å². The number of nitrogens with zero attached hydrogens (tertiary/aromatic N) is 1. The number of likely N-dealkylation sites (N-methyl/N-ethyl adjacent to an activating group) is 1. The van der Waals surface area contributed by atoms with Gasteiger partial charge in [0, 0.05) is 18.2 Å². The van der Waals surface area contributed by atoms with Crippen molar-refractivity contribution in [2.24, 2.45) is 0 Å². The summed E-state index contributed by atoms with van der Waals surface area (Å²) in [6.07, 6.45) is 0. The highest BCUT2D eigenvalue weighted by Gasteiger charge is 2.18. The molecule has 0 aromatic heterocycles. The molecule has 0 radical (unpaired) electrons. The van der Waals surface area contributed by atoms with E-state index in [1.165, 1.54) is 12.1 Å². The number of thiocarbonyl (C=S) groups is 1. The molecule has 2 N–H and O–H groups in total. The van der Waals surface area contributed by atoms with Crippen molar-refractivity contribution in [3.8, 4) is 5.75 Å². The van der Waals surface area contributed by atoms with Gasteiger partial charge in [-0.05, 0) is 44.5 Å². The summed E-state index contributed by atoms with van der Waals surface area (Å²) in [5.74, 6) is -0.546. The van der Waals surface area contributed by atoms with Gasteiger partial charge in [-0.15, -0.1) is 0 Å². The van der Waals surface area contributed by atoms with Gasteiger partial charge in [-0.25, -0.2) is 8.78 Å². The molecule has 0 bridgehead atoms. The second-order valence-electron chi connectivity index (χ2n) is 5.68. The summed E-state index contributed by atoms with van der Waals surface area (Å²) < 4.78 is 32.1. The maximum absolute atomic E-state index is 13.7. The van der Waals surface area contributed by atoms with Gasteiger partial charge in [-0.2, -0.15) is 0 Å². The number of rotatable bonds is 6. The number of methoxy groups -OCH3 is 1. The molecule has 1 unspecified atom stereocenters. The van der Waals surface area contributed by atoms with Crippen molar-refractivity contribution >= 4 is 23.0 Å². The van der Waals surface area contributed by atoms with Crippen molar-refractivity contribution in [3.05, 3.63) is 59.7 Å². The Morgan fingerprint density at radius 2 is 1.92 bits per heavy atom. The molecule has 0 fully saturated rings. The van der Waals surface area contributed by atoms with Crippen molar-refractivity contribution in [1.29, 1.82) is 0 Å². The zero-order valence-corrected chi connectivity index (χ0v) is 15.2. The number of benzene rings is 2. The van der Waals surface area contributed by atoms with Gasteiger partial charge in [0.15, 0.2) is 5.11 Å². The summed E-state index contributed by atoms with van der Waals surface area (Å²) in [5.41, 5.74) is 1.14. The van der Waals surface area contributed by atoms with Gasteiger partial charge in [0.05, 0.1) is 18.8 Å². The maximum atomic E-state index is 13.7. The highest BCUT2D eigenvalue weighted by atomic mass is 32.1. The van der Waals surface area contributed by atoms with Crippen LogP contribution in [0.25, 0.3) is 0 Å². The second kappa shape index (κ2) is 8.73. The van der Waals surface area contributed by atoms with Crippen LogP contribution in [0.4, 0.5) is 14.5 Å². The fourth-order valence-electron chi connectivity index (χ4n) is 2.46. The van der Waals surface area contributed by atoms with Gasteiger partial charge in [0.1, 0.15) is 17.4 Å². The molecule has 25 heavy (non-hydrogen) atoms. The molecule has 0 saturated heterocycles. The third kappa shape index (κ3) is 5.11. The monoisotopic (exact) mass is 365 g/mol. The number of nitrogens with one attached hydrogen (secondary N) is 2. The molecule has 0 spiro atoms. The Bertz CT molecular complexity index is 740. The molecule has 4 nitrogen and oxygen atoms in total. The smallest absolute Gasteiger partial charge is 0.170 e. The van der Waals surface area contributed by atoms with Crippen LogP contribution < -0.4 is 15.4 Å². The Kier molecular flexibility index (Phi) is 6.66. The van der Waals surface area contributed by atoms with Crippen LogP contribution in [0.1, 0.15) is 11.6 Å². The lowest BCUT2D eigenvalue weighted by atomic mass is 10.0. The van der Waals surface area contributed by atoms with Crippen molar-refractivity contribution in [1.82, 2.24) is 10.2 Å². The van der Waals surface area contributed by atoms with E-state index in [0.29, 0.717) is 6.54 Å². The first-order valence-corrected chi connectivity index (χ1v) is 8.12. The van der Waals surface area contributed by atoms with Crippen LogP contribution in [-0.2, 0) is 0 Å². The fourth-order valence-corrected chi connectivity index (χ4v) is 2.65. The summed E-state index contributed by atoms with van der Waals surface area (Å²) in [4.78, 5) is 2.03. The number of para-hydroxylation sites is 1. The standard InChI is InChI=1S/C18H21F2N3OS/c1-23(2)16(13-6-4-5-7-17(13)24-3)11-21-18(25)22-15-9-8-12(19)10-14(15)20/h4-10,16H,11H2,1-3H3,(H2,21,22,25). The minimum Gasteiger partial charge on any atom is -0.496 e. The molecule has 134 valence electrons. The highest BCUT2D eigenvalue weighted by Crippen LogP contribution is 2.27. The Hall–Kier alpha value is -2.25. The van der Waals surface area contributed by atoms with E-state index in [0.717, 1.165) is 17.4 Å². The van der Waals surface area contributed by atoms with Crippen LogP contribution in [-0.4, -0.2) is 37.8 Å². The van der Waals surface area contributed by atoms with Crippen molar-refractivity contribution < 1.29 is 13.5 Å². The summed E-state index contributed by atoms with van der Waals surface area (Å²) in [5, 5.41) is 6.06. The molecule has 0 heterocycles. The van der Waals surface area contributed by atoms with Crippen LogP contribution >= 0.6 is 12.2 Å². The van der Waals surface area contributed by atoms with Crippen LogP contribution in [0.15, 0.2) is 42.5 Å². The Morgan fingerprint density at radius 1 is 1.20 bits per heavy atom. The van der Waals surface area contributed by atoms with Crippen LogP contribution in [0.3, 0.4) is 0 Å². The molecule has 7 heteroatoms. The van der Waals surface area contributed by atoms with E-state index < -0.39 is 11.6 Å². The average Bonchev–Trinajstić information content (AvgIpc) is 2.57. The van der Waals surface area contributed by atoms with Crippen molar-refractivity contribution in [2.75, 3.05) is 33.1 Å². The number of halogens is 2. The minimum absolute atomic E-state index is 0.00559. The average molecular weight is 365 g/mol. The lowest BCUT2D eigenvalue weighted by Gasteiger charge is -2.27. The maximum Gasteiger partial charge on any atom is 0.170 e. The van der Waals surface area contributed by atoms with E-state index in [1.54, 1.807) is 7.11 Å². The first-order chi connectivity index (χ1) is 11.9. The molecule has 1 atom stereocenters. The molecule has 2 aromatic rings. The first-order valence-electron chi connectivity index (χ1n) is 7.71. The molecule has 0 aliphatic carbocycles. The Morgan fingerprint density at radius 3 is 2.56 bits per heavy atom. The zero-order valence-electron chi connectivity index (χ0n) is 14.3. The number of hydrogen-bond acceptors (Lipinski definition) is 3. The largest absolute Gasteiger partial charge is 0.496 e. The third-order valence-corrected chi connectivity index (χ3v) is 4.00.